The monoisotopic (exact) mass is 352 g/mol. The number of fused-ring (bicyclic) bond motifs is 1. The van der Waals surface area contributed by atoms with Crippen molar-refractivity contribution in [3.05, 3.63) is 69.6 Å². The zero-order valence-corrected chi connectivity index (χ0v) is 14.5. The molecule has 7 heteroatoms. The normalized spacial score (nSPS) is 11.7. The van der Waals surface area contributed by atoms with Gasteiger partial charge in [0.25, 0.3) is 6.43 Å². The lowest BCUT2D eigenvalue weighted by Gasteiger charge is -2.12. The van der Waals surface area contributed by atoms with Gasteiger partial charge in [0.1, 0.15) is 0 Å². The fraction of sp³-hybridized carbons (Fsp3) is 0.188. The first-order chi connectivity index (χ1) is 11.0. The van der Waals surface area contributed by atoms with Crippen LogP contribution in [0.15, 0.2) is 47.3 Å². The van der Waals surface area contributed by atoms with E-state index >= 15 is 0 Å². The van der Waals surface area contributed by atoms with E-state index in [4.69, 9.17) is 0 Å². The molecular weight excluding hydrogens is 336 g/mol. The van der Waals surface area contributed by atoms with Gasteiger partial charge >= 0.3 is 5.69 Å². The first-order valence-electron chi connectivity index (χ1n) is 7.06. The van der Waals surface area contributed by atoms with Gasteiger partial charge in [0.2, 0.25) is 0 Å². The van der Waals surface area contributed by atoms with Crippen LogP contribution in [0.3, 0.4) is 0 Å². The summed E-state index contributed by atoms with van der Waals surface area (Å²) in [5.41, 5.74) is 2.68. The van der Waals surface area contributed by atoms with E-state index in [-0.39, 0.29) is 23.2 Å². The molecule has 3 rings (SSSR count). The van der Waals surface area contributed by atoms with Gasteiger partial charge in [0.05, 0.1) is 17.6 Å². The Kier molecular flexibility index (Phi) is 4.61. The van der Waals surface area contributed by atoms with Crippen LogP contribution in [-0.4, -0.2) is 9.55 Å². The van der Waals surface area contributed by atoms with Crippen molar-refractivity contribution in [2.24, 2.45) is 0 Å². The van der Waals surface area contributed by atoms with Crippen LogP contribution in [0.1, 0.15) is 28.5 Å². The van der Waals surface area contributed by atoms with E-state index in [1.165, 1.54) is 12.1 Å². The van der Waals surface area contributed by atoms with Crippen molar-refractivity contribution in [1.82, 2.24) is 9.55 Å². The molecule has 0 saturated heterocycles. The topological polar surface area (TPSA) is 37.8 Å². The molecule has 0 radical (unpaired) electrons. The van der Waals surface area contributed by atoms with E-state index in [1.807, 2.05) is 30.3 Å². The van der Waals surface area contributed by atoms with Crippen LogP contribution in [0.25, 0.3) is 11.0 Å². The molecule has 0 saturated carbocycles. The highest BCUT2D eigenvalue weighted by Gasteiger charge is 2.13. The van der Waals surface area contributed by atoms with Crippen LogP contribution in [-0.2, 0) is 6.54 Å². The highest BCUT2D eigenvalue weighted by molar-refractivity contribution is 7.37. The number of alkyl halides is 2. The summed E-state index contributed by atoms with van der Waals surface area (Å²) in [6.45, 7) is 0.248. The molecule has 3 aromatic rings. The lowest BCUT2D eigenvalue weighted by atomic mass is 10.1. The van der Waals surface area contributed by atoms with Crippen molar-refractivity contribution in [1.29, 1.82) is 0 Å². The molecule has 23 heavy (non-hydrogen) atoms. The standard InChI is InChI=1S/C16H16F2N2OP2/c17-14(18)10-5-9(6-11(7-10)15(22)23)8-20-13-4-2-1-3-12(13)19-16(20)21/h1-7,14-15H,8,22-23H2,(H,19,21). The molecule has 0 amide bonds. The molecule has 2 aromatic carbocycles. The highest BCUT2D eigenvalue weighted by Crippen LogP contribution is 2.33. The number of benzene rings is 2. The lowest BCUT2D eigenvalue weighted by molar-refractivity contribution is 0.151. The van der Waals surface area contributed by atoms with Crippen LogP contribution in [0, 0.1) is 0 Å². The number of aromatic amines is 1. The molecule has 3 nitrogen and oxygen atoms in total. The largest absolute Gasteiger partial charge is 0.326 e. The van der Waals surface area contributed by atoms with Crippen molar-refractivity contribution >= 4 is 29.5 Å². The maximum Gasteiger partial charge on any atom is 0.326 e. The number of nitrogens with one attached hydrogen (secondary N) is 1. The molecule has 0 aliphatic carbocycles. The first-order valence-corrected chi connectivity index (χ1v) is 8.39. The molecule has 0 aliphatic heterocycles. The Morgan fingerprint density at radius 3 is 2.48 bits per heavy atom. The van der Waals surface area contributed by atoms with Crippen molar-refractivity contribution in [2.75, 3.05) is 0 Å². The minimum Gasteiger partial charge on any atom is -0.306 e. The summed E-state index contributed by atoms with van der Waals surface area (Å²) >= 11 is 0. The molecule has 1 heterocycles. The van der Waals surface area contributed by atoms with Crippen LogP contribution < -0.4 is 5.69 Å². The van der Waals surface area contributed by atoms with E-state index in [2.05, 4.69) is 23.5 Å². The van der Waals surface area contributed by atoms with Crippen molar-refractivity contribution in [3.8, 4) is 0 Å². The zero-order chi connectivity index (χ0) is 16.6. The van der Waals surface area contributed by atoms with Crippen LogP contribution in [0.5, 0.6) is 0 Å². The number of imidazole rings is 1. The predicted molar refractivity (Wildman–Crippen MR) is 95.2 cm³/mol. The van der Waals surface area contributed by atoms with Crippen molar-refractivity contribution in [3.63, 3.8) is 0 Å². The van der Waals surface area contributed by atoms with Gasteiger partial charge in [-0.1, -0.05) is 18.2 Å². The van der Waals surface area contributed by atoms with E-state index in [0.717, 1.165) is 16.6 Å². The SMILES string of the molecule is O=c1[nH]c2ccccc2n1Cc1cc(C(F)F)cc(C(P)P)c1. The van der Waals surface area contributed by atoms with Gasteiger partial charge in [-0.3, -0.25) is 4.57 Å². The minimum atomic E-state index is -2.54. The number of hydrogen-bond donors (Lipinski definition) is 1. The molecule has 2 atom stereocenters. The number of H-pyrrole nitrogens is 1. The molecule has 120 valence electrons. The van der Waals surface area contributed by atoms with Gasteiger partial charge in [-0.15, -0.1) is 18.5 Å². The predicted octanol–water partition coefficient (Wildman–Crippen LogP) is 4.06. The molecule has 2 unspecified atom stereocenters. The van der Waals surface area contributed by atoms with Gasteiger partial charge in [-0.25, -0.2) is 13.6 Å². The summed E-state index contributed by atoms with van der Waals surface area (Å²) in [7, 11) is 5.14. The van der Waals surface area contributed by atoms with Gasteiger partial charge < -0.3 is 4.98 Å². The summed E-state index contributed by atoms with van der Waals surface area (Å²) in [5, 5.41) is -0.0212. The smallest absolute Gasteiger partial charge is 0.306 e. The second kappa shape index (κ2) is 6.51. The van der Waals surface area contributed by atoms with E-state index in [0.29, 0.717) is 5.56 Å². The molecule has 0 fully saturated rings. The number of para-hydroxylation sites is 2. The maximum atomic E-state index is 13.1. The molecule has 1 aromatic heterocycles. The Bertz CT molecular complexity index is 876. The number of halogens is 2. The van der Waals surface area contributed by atoms with E-state index < -0.39 is 6.43 Å². The molecule has 1 N–H and O–H groups in total. The molecule has 0 aliphatic rings. The zero-order valence-electron chi connectivity index (χ0n) is 12.2. The van der Waals surface area contributed by atoms with Crippen LogP contribution in [0.4, 0.5) is 8.78 Å². The molecular formula is C16H16F2N2OP2. The van der Waals surface area contributed by atoms with Gasteiger partial charge in [-0.2, -0.15) is 0 Å². The second-order valence-corrected chi connectivity index (χ2v) is 7.57. The number of aromatic nitrogens is 2. The summed E-state index contributed by atoms with van der Waals surface area (Å²) in [6.07, 6.45) is -2.54. The Morgan fingerprint density at radius 2 is 1.78 bits per heavy atom. The number of rotatable bonds is 4. The van der Waals surface area contributed by atoms with E-state index in [1.54, 1.807) is 4.57 Å². The molecule has 0 bridgehead atoms. The van der Waals surface area contributed by atoms with E-state index in [9.17, 15) is 13.6 Å². The Hall–Kier alpha value is -1.57. The van der Waals surface area contributed by atoms with Crippen LogP contribution in [0.2, 0.25) is 0 Å². The third kappa shape index (κ3) is 3.36. The third-order valence-corrected chi connectivity index (χ3v) is 4.47. The van der Waals surface area contributed by atoms with Crippen LogP contribution >= 0.6 is 18.5 Å². The fourth-order valence-electron chi connectivity index (χ4n) is 2.60. The summed E-state index contributed by atoms with van der Waals surface area (Å²) < 4.78 is 27.8. The van der Waals surface area contributed by atoms with Crippen molar-refractivity contribution < 1.29 is 8.78 Å². The lowest BCUT2D eigenvalue weighted by Crippen LogP contribution is -2.17. The maximum absolute atomic E-state index is 13.1. The number of hydrogen-bond acceptors (Lipinski definition) is 1. The first kappa shape index (κ1) is 16.3. The summed E-state index contributed by atoms with van der Waals surface area (Å²) in [6, 6.07) is 12.1. The highest BCUT2D eigenvalue weighted by atomic mass is 31.1. The average molecular weight is 352 g/mol. The Labute approximate surface area is 136 Å². The fourth-order valence-corrected chi connectivity index (χ4v) is 2.99. The van der Waals surface area contributed by atoms with Gasteiger partial charge in [0, 0.05) is 11.0 Å². The number of nitrogens with zero attached hydrogens (tertiary/aromatic N) is 1. The summed E-state index contributed by atoms with van der Waals surface area (Å²) in [5.74, 6) is 0. The van der Waals surface area contributed by atoms with Gasteiger partial charge in [-0.05, 0) is 35.4 Å². The van der Waals surface area contributed by atoms with Crippen molar-refractivity contribution in [2.45, 2.75) is 18.4 Å². The second-order valence-electron chi connectivity index (χ2n) is 5.37. The minimum absolute atomic E-state index is 0.0212. The Balaban J connectivity index is 2.08. The quantitative estimate of drug-likeness (QED) is 0.707. The summed E-state index contributed by atoms with van der Waals surface area (Å²) in [4.78, 5) is 14.9. The average Bonchev–Trinajstić information content (AvgIpc) is 2.83. The Morgan fingerprint density at radius 1 is 1.09 bits per heavy atom. The van der Waals surface area contributed by atoms with Gasteiger partial charge in [0.15, 0.2) is 0 Å². The third-order valence-electron chi connectivity index (χ3n) is 3.70. The molecule has 0 spiro atoms.